The van der Waals surface area contributed by atoms with Crippen molar-refractivity contribution in [1.29, 1.82) is 0 Å². The molecular formula is C14H15NO4S2. The van der Waals surface area contributed by atoms with E-state index in [2.05, 4.69) is 0 Å². The van der Waals surface area contributed by atoms with E-state index in [0.29, 0.717) is 18.1 Å². The van der Waals surface area contributed by atoms with Crippen LogP contribution in [0.5, 0.6) is 11.5 Å². The second-order valence-corrected chi connectivity index (χ2v) is 6.88. The maximum Gasteiger partial charge on any atom is 0.238 e. The lowest BCUT2D eigenvalue weighted by molar-refractivity contribution is 0.343. The predicted octanol–water partition coefficient (Wildman–Crippen LogP) is 2.21. The topological polar surface area (TPSA) is 89.6 Å². The summed E-state index contributed by atoms with van der Waals surface area (Å²) >= 11 is 1.48. The number of hydrogen-bond donors (Lipinski definition) is 2. The molecule has 0 aliphatic carbocycles. The van der Waals surface area contributed by atoms with Crippen LogP contribution >= 0.6 is 11.8 Å². The smallest absolute Gasteiger partial charge is 0.238 e. The fraction of sp³-hybridized carbons (Fsp3) is 0.143. The quantitative estimate of drug-likeness (QED) is 0.628. The highest BCUT2D eigenvalue weighted by Crippen LogP contribution is 2.27. The molecular weight excluding hydrogens is 310 g/mol. The van der Waals surface area contributed by atoms with Gasteiger partial charge in [0.15, 0.2) is 0 Å². The van der Waals surface area contributed by atoms with Crippen molar-refractivity contribution in [3.63, 3.8) is 0 Å². The van der Waals surface area contributed by atoms with Crippen molar-refractivity contribution in [2.45, 2.75) is 9.79 Å². The summed E-state index contributed by atoms with van der Waals surface area (Å²) in [6.07, 6.45) is 0. The number of phenolic OH excluding ortho intramolecular Hbond substituents is 1. The molecule has 0 radical (unpaired) electrons. The van der Waals surface area contributed by atoms with Gasteiger partial charge in [0.05, 0.1) is 11.5 Å². The average Bonchev–Trinajstić information content (AvgIpc) is 2.45. The second-order valence-electron chi connectivity index (χ2n) is 4.18. The molecule has 112 valence electrons. The summed E-state index contributed by atoms with van der Waals surface area (Å²) in [5.41, 5.74) is 0. The van der Waals surface area contributed by atoms with Gasteiger partial charge in [-0.2, -0.15) is 0 Å². The monoisotopic (exact) mass is 325 g/mol. The lowest BCUT2D eigenvalue weighted by Gasteiger charge is -2.07. The Morgan fingerprint density at radius 3 is 2.38 bits per heavy atom. The van der Waals surface area contributed by atoms with E-state index in [1.54, 1.807) is 24.3 Å². The molecule has 0 bridgehead atoms. The molecule has 0 fully saturated rings. The molecule has 0 spiro atoms. The zero-order valence-corrected chi connectivity index (χ0v) is 12.7. The highest BCUT2D eigenvalue weighted by Gasteiger charge is 2.07. The van der Waals surface area contributed by atoms with Crippen molar-refractivity contribution >= 4 is 21.8 Å². The number of hydrogen-bond acceptors (Lipinski definition) is 5. The van der Waals surface area contributed by atoms with Gasteiger partial charge in [0.25, 0.3) is 0 Å². The minimum atomic E-state index is -3.67. The standard InChI is InChI=1S/C14H15NO4S2/c15-21(17,18)12-7-5-11(6-8-12)19-9-10-20-14-4-2-1-3-13(14)16/h1-8,16H,9-10H2,(H2,15,17,18). The van der Waals surface area contributed by atoms with Gasteiger partial charge in [0, 0.05) is 10.6 Å². The van der Waals surface area contributed by atoms with Crippen LogP contribution in [0.3, 0.4) is 0 Å². The van der Waals surface area contributed by atoms with E-state index in [0.717, 1.165) is 4.90 Å². The fourth-order valence-corrected chi connectivity index (χ4v) is 2.91. The van der Waals surface area contributed by atoms with Gasteiger partial charge in [-0.25, -0.2) is 13.6 Å². The predicted molar refractivity (Wildman–Crippen MR) is 82.1 cm³/mol. The molecule has 2 aromatic rings. The van der Waals surface area contributed by atoms with Crippen molar-refractivity contribution in [3.05, 3.63) is 48.5 Å². The Labute approximate surface area is 127 Å². The molecule has 0 aromatic heterocycles. The van der Waals surface area contributed by atoms with Crippen LogP contribution in [-0.2, 0) is 10.0 Å². The first-order chi connectivity index (χ1) is 9.97. The maximum absolute atomic E-state index is 11.1. The Kier molecular flexibility index (Phi) is 5.11. The number of aromatic hydroxyl groups is 1. The van der Waals surface area contributed by atoms with Gasteiger partial charge in [-0.15, -0.1) is 11.8 Å². The van der Waals surface area contributed by atoms with E-state index >= 15 is 0 Å². The first-order valence-electron chi connectivity index (χ1n) is 6.13. The summed E-state index contributed by atoms with van der Waals surface area (Å²) < 4.78 is 27.7. The van der Waals surface area contributed by atoms with Gasteiger partial charge in [0.2, 0.25) is 10.0 Å². The van der Waals surface area contributed by atoms with Crippen LogP contribution in [-0.4, -0.2) is 25.9 Å². The number of benzene rings is 2. The Morgan fingerprint density at radius 1 is 1.10 bits per heavy atom. The van der Waals surface area contributed by atoms with Gasteiger partial charge < -0.3 is 9.84 Å². The van der Waals surface area contributed by atoms with Crippen LogP contribution in [0.1, 0.15) is 0 Å². The summed E-state index contributed by atoms with van der Waals surface area (Å²) in [5.74, 6) is 1.48. The van der Waals surface area contributed by atoms with Crippen molar-refractivity contribution < 1.29 is 18.3 Å². The number of phenols is 1. The van der Waals surface area contributed by atoms with Crippen molar-refractivity contribution in [2.75, 3.05) is 12.4 Å². The molecule has 5 nitrogen and oxygen atoms in total. The Morgan fingerprint density at radius 2 is 1.76 bits per heavy atom. The van der Waals surface area contributed by atoms with E-state index in [4.69, 9.17) is 9.88 Å². The molecule has 0 aliphatic heterocycles. The molecule has 21 heavy (non-hydrogen) atoms. The van der Waals surface area contributed by atoms with Gasteiger partial charge in [0.1, 0.15) is 11.5 Å². The number of rotatable bonds is 6. The first kappa shape index (κ1) is 15.7. The molecule has 0 aliphatic rings. The number of sulfonamides is 1. The molecule has 0 unspecified atom stereocenters. The zero-order valence-electron chi connectivity index (χ0n) is 11.1. The van der Waals surface area contributed by atoms with E-state index in [1.807, 2.05) is 12.1 Å². The number of thioether (sulfide) groups is 1. The third-order valence-electron chi connectivity index (χ3n) is 2.63. The summed E-state index contributed by atoms with van der Waals surface area (Å²) in [6, 6.07) is 13.0. The lowest BCUT2D eigenvalue weighted by atomic mass is 10.3. The Bertz CT molecular complexity index is 699. The number of primary sulfonamides is 1. The van der Waals surface area contributed by atoms with E-state index in [-0.39, 0.29) is 10.6 Å². The van der Waals surface area contributed by atoms with Gasteiger partial charge >= 0.3 is 0 Å². The summed E-state index contributed by atoms with van der Waals surface area (Å²) in [4.78, 5) is 0.851. The molecule has 0 amide bonds. The molecule has 2 aromatic carbocycles. The molecule has 0 saturated heterocycles. The minimum Gasteiger partial charge on any atom is -0.507 e. The summed E-state index contributed by atoms with van der Waals surface area (Å²) in [7, 11) is -3.67. The molecule has 2 rings (SSSR count). The third kappa shape index (κ3) is 4.66. The first-order valence-corrected chi connectivity index (χ1v) is 8.66. The number of para-hydroxylation sites is 1. The van der Waals surface area contributed by atoms with Crippen molar-refractivity contribution in [2.24, 2.45) is 5.14 Å². The van der Waals surface area contributed by atoms with Gasteiger partial charge in [-0.3, -0.25) is 0 Å². The van der Waals surface area contributed by atoms with E-state index < -0.39 is 10.0 Å². The number of nitrogens with two attached hydrogens (primary N) is 1. The molecule has 3 N–H and O–H groups in total. The highest BCUT2D eigenvalue weighted by atomic mass is 32.2. The van der Waals surface area contributed by atoms with Crippen LogP contribution in [0.15, 0.2) is 58.3 Å². The molecule has 0 atom stereocenters. The van der Waals surface area contributed by atoms with Gasteiger partial charge in [-0.05, 0) is 36.4 Å². The van der Waals surface area contributed by atoms with Crippen molar-refractivity contribution in [1.82, 2.24) is 0 Å². The summed E-state index contributed by atoms with van der Waals surface area (Å²) in [5, 5.41) is 14.6. The van der Waals surface area contributed by atoms with Crippen LogP contribution in [0.4, 0.5) is 0 Å². The van der Waals surface area contributed by atoms with Crippen LogP contribution in [0, 0.1) is 0 Å². The van der Waals surface area contributed by atoms with Crippen LogP contribution < -0.4 is 9.88 Å². The summed E-state index contributed by atoms with van der Waals surface area (Å²) in [6.45, 7) is 0.438. The van der Waals surface area contributed by atoms with E-state index in [1.165, 1.54) is 23.9 Å². The minimum absolute atomic E-state index is 0.0541. The maximum atomic E-state index is 11.1. The Balaban J connectivity index is 1.83. The zero-order chi connectivity index (χ0) is 15.3. The largest absolute Gasteiger partial charge is 0.507 e. The lowest BCUT2D eigenvalue weighted by Crippen LogP contribution is -2.11. The molecule has 0 saturated carbocycles. The van der Waals surface area contributed by atoms with Gasteiger partial charge in [-0.1, -0.05) is 12.1 Å². The average molecular weight is 325 g/mol. The van der Waals surface area contributed by atoms with E-state index in [9.17, 15) is 13.5 Å². The fourth-order valence-electron chi connectivity index (χ4n) is 1.62. The molecule has 7 heteroatoms. The Hall–Kier alpha value is -1.70. The third-order valence-corrected chi connectivity index (χ3v) is 4.58. The second kappa shape index (κ2) is 6.84. The number of ether oxygens (including phenoxy) is 1. The SMILES string of the molecule is NS(=O)(=O)c1ccc(OCCSc2ccccc2O)cc1. The highest BCUT2D eigenvalue weighted by molar-refractivity contribution is 7.99. The van der Waals surface area contributed by atoms with Crippen LogP contribution in [0.25, 0.3) is 0 Å². The molecule has 0 heterocycles. The van der Waals surface area contributed by atoms with Crippen molar-refractivity contribution in [3.8, 4) is 11.5 Å². The normalized spacial score (nSPS) is 11.3. The van der Waals surface area contributed by atoms with Crippen LogP contribution in [0.2, 0.25) is 0 Å².